The van der Waals surface area contributed by atoms with E-state index in [1.54, 1.807) is 25.4 Å². The second kappa shape index (κ2) is 9.75. The summed E-state index contributed by atoms with van der Waals surface area (Å²) in [6.45, 7) is 0.880. The molecular formula is C16H20IN7O2. The highest BCUT2D eigenvalue weighted by atomic mass is 127. The lowest BCUT2D eigenvalue weighted by atomic mass is 10.4. The molecule has 1 amide bonds. The molecule has 3 N–H and O–H groups in total. The Morgan fingerprint density at radius 1 is 1.15 bits per heavy atom. The molecule has 0 aliphatic rings. The normalized spacial score (nSPS) is 11.0. The Hall–Kier alpha value is -2.63. The number of halogens is 1. The highest BCUT2D eigenvalue weighted by Gasteiger charge is 2.07. The molecule has 0 fully saturated rings. The van der Waals surface area contributed by atoms with Gasteiger partial charge in [0, 0.05) is 13.2 Å². The van der Waals surface area contributed by atoms with Crippen LogP contribution >= 0.6 is 24.0 Å². The van der Waals surface area contributed by atoms with Crippen molar-refractivity contribution in [2.45, 2.75) is 13.1 Å². The zero-order valence-electron chi connectivity index (χ0n) is 14.2. The SMILES string of the molecule is CN=C(NCC(=O)NCc1ccco1)NCc1nnc2ccccn12.I. The lowest BCUT2D eigenvalue weighted by molar-refractivity contribution is -0.120. The van der Waals surface area contributed by atoms with Crippen molar-refractivity contribution in [3.8, 4) is 0 Å². The van der Waals surface area contributed by atoms with Crippen LogP contribution in [0.3, 0.4) is 0 Å². The Morgan fingerprint density at radius 2 is 2.04 bits per heavy atom. The van der Waals surface area contributed by atoms with E-state index in [0.29, 0.717) is 24.8 Å². The van der Waals surface area contributed by atoms with Gasteiger partial charge in [-0.15, -0.1) is 34.2 Å². The fourth-order valence-electron chi connectivity index (χ4n) is 2.22. The number of nitrogens with zero attached hydrogens (tertiary/aromatic N) is 4. The minimum Gasteiger partial charge on any atom is -0.467 e. The van der Waals surface area contributed by atoms with E-state index in [2.05, 4.69) is 31.1 Å². The molecule has 138 valence electrons. The Labute approximate surface area is 167 Å². The van der Waals surface area contributed by atoms with Gasteiger partial charge in [0.05, 0.1) is 25.9 Å². The quantitative estimate of drug-likeness (QED) is 0.282. The summed E-state index contributed by atoms with van der Waals surface area (Å²) in [5, 5.41) is 17.0. The Morgan fingerprint density at radius 3 is 2.81 bits per heavy atom. The van der Waals surface area contributed by atoms with Crippen LogP contribution in [0, 0.1) is 0 Å². The number of amides is 1. The van der Waals surface area contributed by atoms with Crippen LogP contribution in [0.15, 0.2) is 52.2 Å². The highest BCUT2D eigenvalue weighted by Crippen LogP contribution is 2.02. The number of fused-ring (bicyclic) bond motifs is 1. The fraction of sp³-hybridized carbons (Fsp3) is 0.250. The number of carbonyl (C=O) groups excluding carboxylic acids is 1. The molecule has 3 aromatic rings. The Balaban J connectivity index is 0.00000243. The maximum absolute atomic E-state index is 11.8. The summed E-state index contributed by atoms with van der Waals surface area (Å²) in [5.74, 6) is 1.79. The number of rotatable bonds is 6. The lowest BCUT2D eigenvalue weighted by Crippen LogP contribution is -2.42. The Kier molecular flexibility index (Phi) is 7.38. The van der Waals surface area contributed by atoms with Gasteiger partial charge in [0.15, 0.2) is 17.4 Å². The first kappa shape index (κ1) is 19.7. The van der Waals surface area contributed by atoms with Crippen LogP contribution in [-0.4, -0.2) is 40.1 Å². The van der Waals surface area contributed by atoms with Crippen LogP contribution in [0.25, 0.3) is 5.65 Å². The molecule has 0 aliphatic heterocycles. The first-order chi connectivity index (χ1) is 12.3. The third kappa shape index (κ3) is 5.18. The summed E-state index contributed by atoms with van der Waals surface area (Å²) in [4.78, 5) is 15.9. The van der Waals surface area contributed by atoms with Crippen LogP contribution < -0.4 is 16.0 Å². The Bertz CT molecular complexity index is 861. The van der Waals surface area contributed by atoms with Gasteiger partial charge in [0.1, 0.15) is 5.76 Å². The van der Waals surface area contributed by atoms with Gasteiger partial charge >= 0.3 is 0 Å². The first-order valence-electron chi connectivity index (χ1n) is 7.78. The van der Waals surface area contributed by atoms with E-state index in [4.69, 9.17) is 4.42 Å². The number of aliphatic imine (C=N–C) groups is 1. The van der Waals surface area contributed by atoms with E-state index in [1.807, 2.05) is 28.8 Å². The molecule has 26 heavy (non-hydrogen) atoms. The van der Waals surface area contributed by atoms with Crippen LogP contribution in [0.2, 0.25) is 0 Å². The van der Waals surface area contributed by atoms with E-state index in [0.717, 1.165) is 11.5 Å². The molecule has 0 atom stereocenters. The summed E-state index contributed by atoms with van der Waals surface area (Å²) in [6, 6.07) is 9.28. The van der Waals surface area contributed by atoms with E-state index in [9.17, 15) is 4.79 Å². The van der Waals surface area contributed by atoms with Crippen molar-refractivity contribution in [2.75, 3.05) is 13.6 Å². The summed E-state index contributed by atoms with van der Waals surface area (Å²) in [6.07, 6.45) is 3.46. The molecule has 9 nitrogen and oxygen atoms in total. The van der Waals surface area contributed by atoms with E-state index < -0.39 is 0 Å². The monoisotopic (exact) mass is 469 g/mol. The number of nitrogens with one attached hydrogen (secondary N) is 3. The van der Waals surface area contributed by atoms with Crippen molar-refractivity contribution in [3.63, 3.8) is 0 Å². The van der Waals surface area contributed by atoms with Crippen molar-refractivity contribution in [1.29, 1.82) is 0 Å². The van der Waals surface area contributed by atoms with E-state index in [1.165, 1.54) is 0 Å². The maximum atomic E-state index is 11.8. The second-order valence-corrected chi connectivity index (χ2v) is 5.18. The highest BCUT2D eigenvalue weighted by molar-refractivity contribution is 14.0. The van der Waals surface area contributed by atoms with Crippen molar-refractivity contribution in [1.82, 2.24) is 30.5 Å². The summed E-state index contributed by atoms with van der Waals surface area (Å²) in [5.41, 5.74) is 0.777. The third-order valence-electron chi connectivity index (χ3n) is 3.48. The van der Waals surface area contributed by atoms with Crippen molar-refractivity contribution >= 4 is 41.5 Å². The molecule has 3 heterocycles. The molecule has 0 aromatic carbocycles. The van der Waals surface area contributed by atoms with Crippen molar-refractivity contribution < 1.29 is 9.21 Å². The van der Waals surface area contributed by atoms with Gasteiger partial charge in [-0.1, -0.05) is 6.07 Å². The molecule has 3 rings (SSSR count). The molecule has 0 unspecified atom stereocenters. The summed E-state index contributed by atoms with van der Waals surface area (Å²) >= 11 is 0. The second-order valence-electron chi connectivity index (χ2n) is 5.18. The maximum Gasteiger partial charge on any atom is 0.239 e. The van der Waals surface area contributed by atoms with Gasteiger partial charge < -0.3 is 20.4 Å². The molecular weight excluding hydrogens is 449 g/mol. The third-order valence-corrected chi connectivity index (χ3v) is 3.48. The predicted molar refractivity (Wildman–Crippen MR) is 107 cm³/mol. The molecule has 0 bridgehead atoms. The predicted octanol–water partition coefficient (Wildman–Crippen LogP) is 0.922. The number of aromatic nitrogens is 3. The number of hydrogen-bond donors (Lipinski definition) is 3. The molecule has 0 aliphatic carbocycles. The molecule has 10 heteroatoms. The zero-order chi connectivity index (χ0) is 17.5. The zero-order valence-corrected chi connectivity index (χ0v) is 16.5. The van der Waals surface area contributed by atoms with E-state index >= 15 is 0 Å². The van der Waals surface area contributed by atoms with Gasteiger partial charge in [-0.05, 0) is 24.3 Å². The molecule has 0 saturated heterocycles. The largest absolute Gasteiger partial charge is 0.467 e. The van der Waals surface area contributed by atoms with Crippen LogP contribution in [-0.2, 0) is 17.9 Å². The molecule has 0 radical (unpaired) electrons. The number of carbonyl (C=O) groups is 1. The van der Waals surface area contributed by atoms with Gasteiger partial charge in [-0.3, -0.25) is 14.2 Å². The van der Waals surface area contributed by atoms with E-state index in [-0.39, 0.29) is 36.4 Å². The summed E-state index contributed by atoms with van der Waals surface area (Å²) < 4.78 is 7.04. The number of hydrogen-bond acceptors (Lipinski definition) is 5. The summed E-state index contributed by atoms with van der Waals surface area (Å²) in [7, 11) is 1.64. The van der Waals surface area contributed by atoms with Crippen molar-refractivity contribution in [2.24, 2.45) is 4.99 Å². The number of furan rings is 1. The van der Waals surface area contributed by atoms with Crippen LogP contribution in [0.5, 0.6) is 0 Å². The van der Waals surface area contributed by atoms with Crippen LogP contribution in [0.4, 0.5) is 0 Å². The van der Waals surface area contributed by atoms with Gasteiger partial charge in [0.2, 0.25) is 5.91 Å². The smallest absolute Gasteiger partial charge is 0.239 e. The van der Waals surface area contributed by atoms with Gasteiger partial charge in [0.25, 0.3) is 0 Å². The number of pyridine rings is 1. The van der Waals surface area contributed by atoms with Crippen LogP contribution in [0.1, 0.15) is 11.6 Å². The van der Waals surface area contributed by atoms with Gasteiger partial charge in [-0.2, -0.15) is 0 Å². The molecule has 0 saturated carbocycles. The fourth-order valence-corrected chi connectivity index (χ4v) is 2.22. The first-order valence-corrected chi connectivity index (χ1v) is 7.78. The average Bonchev–Trinajstić information content (AvgIpc) is 3.30. The topological polar surface area (TPSA) is 109 Å². The van der Waals surface area contributed by atoms with Gasteiger partial charge in [-0.25, -0.2) is 0 Å². The minimum atomic E-state index is -0.160. The minimum absolute atomic E-state index is 0. The lowest BCUT2D eigenvalue weighted by Gasteiger charge is -2.11. The average molecular weight is 469 g/mol. The van der Waals surface area contributed by atoms with Crippen molar-refractivity contribution in [3.05, 3.63) is 54.4 Å². The molecule has 3 aromatic heterocycles. The molecule has 0 spiro atoms. The number of guanidine groups is 1. The standard InChI is InChI=1S/C16H19N7O2.HI/c1-17-16(20-11-15(24)18-9-12-5-4-8-25-12)19-10-14-22-21-13-6-2-3-7-23(13)14;/h2-8H,9-11H2,1H3,(H,18,24)(H2,17,19,20);1H.